The minimum atomic E-state index is 0.261. The fourth-order valence-corrected chi connectivity index (χ4v) is 4.15. The molecule has 2 aliphatic rings. The minimum absolute atomic E-state index is 0.261. The van der Waals surface area contributed by atoms with Gasteiger partial charge in [-0.2, -0.15) is 0 Å². The zero-order valence-electron chi connectivity index (χ0n) is 16.5. The lowest BCUT2D eigenvalue weighted by Gasteiger charge is -2.36. The van der Waals surface area contributed by atoms with E-state index in [0.717, 1.165) is 61.8 Å². The van der Waals surface area contributed by atoms with E-state index in [-0.39, 0.29) is 5.92 Å². The molecule has 2 fully saturated rings. The third kappa shape index (κ3) is 4.11. The molecular weight excluding hydrogens is 352 g/mol. The Labute approximate surface area is 166 Å². The van der Waals surface area contributed by atoms with Crippen molar-refractivity contribution in [2.75, 3.05) is 37.7 Å². The number of piperazine rings is 1. The zero-order chi connectivity index (χ0) is 19.3. The molecule has 0 radical (unpaired) electrons. The van der Waals surface area contributed by atoms with E-state index in [1.54, 1.807) is 6.33 Å². The van der Waals surface area contributed by atoms with Crippen molar-refractivity contribution >= 4 is 11.7 Å². The molecule has 0 atom stereocenters. The Morgan fingerprint density at radius 3 is 2.46 bits per heavy atom. The number of hydrogen-bond acceptors (Lipinski definition) is 5. The number of rotatable bonds is 5. The van der Waals surface area contributed by atoms with Crippen LogP contribution in [0, 0.1) is 5.92 Å². The Morgan fingerprint density at radius 1 is 1.07 bits per heavy atom. The van der Waals surface area contributed by atoms with Crippen LogP contribution in [-0.2, 0) is 4.79 Å². The van der Waals surface area contributed by atoms with E-state index in [1.165, 1.54) is 12.8 Å². The van der Waals surface area contributed by atoms with Crippen molar-refractivity contribution in [2.45, 2.75) is 32.6 Å². The lowest BCUT2D eigenvalue weighted by Crippen LogP contribution is -2.50. The minimum Gasteiger partial charge on any atom is -0.494 e. The topological polar surface area (TPSA) is 58.6 Å². The van der Waals surface area contributed by atoms with E-state index >= 15 is 0 Å². The van der Waals surface area contributed by atoms with Gasteiger partial charge < -0.3 is 14.5 Å². The maximum Gasteiger partial charge on any atom is 0.225 e. The lowest BCUT2D eigenvalue weighted by molar-refractivity contribution is -0.135. The Kier molecular flexibility index (Phi) is 5.74. The SMILES string of the molecule is CCOc1ccc(-c2cc(N3CCN(C(=O)C4CCCC4)CC3)ncn2)cc1. The number of amides is 1. The summed E-state index contributed by atoms with van der Waals surface area (Å²) in [5.74, 6) is 2.40. The molecule has 0 bridgehead atoms. The van der Waals surface area contributed by atoms with Gasteiger partial charge in [0.15, 0.2) is 0 Å². The molecule has 28 heavy (non-hydrogen) atoms. The fourth-order valence-electron chi connectivity index (χ4n) is 4.15. The predicted octanol–water partition coefficient (Wildman–Crippen LogP) is 3.38. The molecule has 4 rings (SSSR count). The van der Waals surface area contributed by atoms with Crippen molar-refractivity contribution in [3.05, 3.63) is 36.7 Å². The van der Waals surface area contributed by atoms with Crippen LogP contribution in [0.4, 0.5) is 5.82 Å². The number of carbonyl (C=O) groups is 1. The highest BCUT2D eigenvalue weighted by Gasteiger charge is 2.29. The number of aromatic nitrogens is 2. The highest BCUT2D eigenvalue weighted by atomic mass is 16.5. The highest BCUT2D eigenvalue weighted by Crippen LogP contribution is 2.28. The first-order valence-electron chi connectivity index (χ1n) is 10.3. The first kappa shape index (κ1) is 18.7. The van der Waals surface area contributed by atoms with Crippen LogP contribution in [0.15, 0.2) is 36.7 Å². The van der Waals surface area contributed by atoms with Gasteiger partial charge in [0, 0.05) is 43.7 Å². The van der Waals surface area contributed by atoms with E-state index in [4.69, 9.17) is 4.74 Å². The monoisotopic (exact) mass is 380 g/mol. The molecule has 2 aromatic rings. The van der Waals surface area contributed by atoms with E-state index in [2.05, 4.69) is 14.9 Å². The van der Waals surface area contributed by atoms with Gasteiger partial charge >= 0.3 is 0 Å². The molecule has 1 aliphatic carbocycles. The molecule has 6 nitrogen and oxygen atoms in total. The second-order valence-corrected chi connectivity index (χ2v) is 7.51. The van der Waals surface area contributed by atoms with Gasteiger partial charge in [-0.1, -0.05) is 12.8 Å². The third-order valence-corrected chi connectivity index (χ3v) is 5.73. The fraction of sp³-hybridized carbons (Fsp3) is 0.500. The quantitative estimate of drug-likeness (QED) is 0.796. The van der Waals surface area contributed by atoms with Crippen LogP contribution >= 0.6 is 0 Å². The van der Waals surface area contributed by atoms with Gasteiger partial charge in [-0.05, 0) is 44.0 Å². The molecule has 0 N–H and O–H groups in total. The van der Waals surface area contributed by atoms with Gasteiger partial charge in [-0.15, -0.1) is 0 Å². The van der Waals surface area contributed by atoms with Gasteiger partial charge in [0.25, 0.3) is 0 Å². The number of ether oxygens (including phenoxy) is 1. The first-order valence-corrected chi connectivity index (χ1v) is 10.3. The molecule has 0 unspecified atom stereocenters. The first-order chi connectivity index (χ1) is 13.7. The molecule has 6 heteroatoms. The predicted molar refractivity (Wildman–Crippen MR) is 109 cm³/mol. The summed E-state index contributed by atoms with van der Waals surface area (Å²) < 4.78 is 5.51. The molecule has 1 saturated carbocycles. The van der Waals surface area contributed by atoms with Crippen molar-refractivity contribution in [1.82, 2.24) is 14.9 Å². The van der Waals surface area contributed by atoms with Gasteiger partial charge in [0.1, 0.15) is 17.9 Å². The standard InChI is InChI=1S/C22H28N4O2/c1-2-28-19-9-7-17(8-10-19)20-15-21(24-16-23-20)25-11-13-26(14-12-25)22(27)18-5-3-4-6-18/h7-10,15-16,18H,2-6,11-14H2,1H3. The molecule has 1 amide bonds. The van der Waals surface area contributed by atoms with Crippen LogP contribution in [0.5, 0.6) is 5.75 Å². The summed E-state index contributed by atoms with van der Waals surface area (Å²) in [4.78, 5) is 25.8. The Hall–Kier alpha value is -2.63. The molecule has 1 aromatic heterocycles. The number of anilines is 1. The van der Waals surface area contributed by atoms with Crippen LogP contribution in [-0.4, -0.2) is 53.6 Å². The van der Waals surface area contributed by atoms with Crippen LogP contribution in [0.2, 0.25) is 0 Å². The zero-order valence-corrected chi connectivity index (χ0v) is 16.5. The summed E-state index contributed by atoms with van der Waals surface area (Å²) in [6, 6.07) is 10.0. The summed E-state index contributed by atoms with van der Waals surface area (Å²) in [6.07, 6.45) is 6.15. The van der Waals surface area contributed by atoms with Crippen molar-refractivity contribution in [3.8, 4) is 17.0 Å². The summed E-state index contributed by atoms with van der Waals surface area (Å²) in [5.41, 5.74) is 1.94. The average Bonchev–Trinajstić information content (AvgIpc) is 3.29. The molecule has 148 valence electrons. The van der Waals surface area contributed by atoms with Gasteiger partial charge in [0.2, 0.25) is 5.91 Å². The molecule has 1 aromatic carbocycles. The molecule has 2 heterocycles. The van der Waals surface area contributed by atoms with Crippen molar-refractivity contribution in [3.63, 3.8) is 0 Å². The Morgan fingerprint density at radius 2 is 1.79 bits per heavy atom. The third-order valence-electron chi connectivity index (χ3n) is 5.73. The summed E-state index contributed by atoms with van der Waals surface area (Å²) >= 11 is 0. The van der Waals surface area contributed by atoms with E-state index in [9.17, 15) is 4.79 Å². The molecular formula is C22H28N4O2. The van der Waals surface area contributed by atoms with Crippen LogP contribution in [0.1, 0.15) is 32.6 Å². The smallest absolute Gasteiger partial charge is 0.225 e. The number of hydrogen-bond donors (Lipinski definition) is 0. The number of benzene rings is 1. The Bertz CT molecular complexity index is 794. The highest BCUT2D eigenvalue weighted by molar-refractivity contribution is 5.79. The summed E-state index contributed by atoms with van der Waals surface area (Å²) in [5, 5.41) is 0. The van der Waals surface area contributed by atoms with E-state index in [0.29, 0.717) is 12.5 Å². The maximum atomic E-state index is 12.6. The van der Waals surface area contributed by atoms with Gasteiger partial charge in [-0.3, -0.25) is 4.79 Å². The molecule has 1 saturated heterocycles. The maximum absolute atomic E-state index is 12.6. The van der Waals surface area contributed by atoms with Gasteiger partial charge in [-0.25, -0.2) is 9.97 Å². The number of carbonyl (C=O) groups excluding carboxylic acids is 1. The van der Waals surface area contributed by atoms with Crippen LogP contribution in [0.25, 0.3) is 11.3 Å². The molecule has 0 spiro atoms. The second-order valence-electron chi connectivity index (χ2n) is 7.51. The van der Waals surface area contributed by atoms with Crippen molar-refractivity contribution in [1.29, 1.82) is 0 Å². The Balaban J connectivity index is 1.40. The normalized spacial score (nSPS) is 17.8. The average molecular weight is 380 g/mol. The van der Waals surface area contributed by atoms with Crippen LogP contribution in [0.3, 0.4) is 0 Å². The van der Waals surface area contributed by atoms with Gasteiger partial charge in [0.05, 0.1) is 12.3 Å². The van der Waals surface area contributed by atoms with Crippen molar-refractivity contribution < 1.29 is 9.53 Å². The van der Waals surface area contributed by atoms with E-state index < -0.39 is 0 Å². The second kappa shape index (κ2) is 8.59. The number of nitrogens with zero attached hydrogens (tertiary/aromatic N) is 4. The largest absolute Gasteiger partial charge is 0.494 e. The summed E-state index contributed by atoms with van der Waals surface area (Å²) in [7, 11) is 0. The van der Waals surface area contributed by atoms with E-state index in [1.807, 2.05) is 42.2 Å². The lowest BCUT2D eigenvalue weighted by atomic mass is 10.1. The van der Waals surface area contributed by atoms with Crippen molar-refractivity contribution in [2.24, 2.45) is 5.92 Å². The van der Waals surface area contributed by atoms with Crippen LogP contribution < -0.4 is 9.64 Å². The molecule has 1 aliphatic heterocycles. The summed E-state index contributed by atoms with van der Waals surface area (Å²) in [6.45, 7) is 5.82.